The molecule has 0 bridgehead atoms. The van der Waals surface area contributed by atoms with Gasteiger partial charge in [-0.2, -0.15) is 0 Å². The summed E-state index contributed by atoms with van der Waals surface area (Å²) in [7, 11) is 0. The fraction of sp³-hybridized carbons (Fsp3) is 0.250. The molecule has 0 saturated heterocycles. The van der Waals surface area contributed by atoms with Crippen molar-refractivity contribution in [3.63, 3.8) is 0 Å². The Morgan fingerprint density at radius 1 is 1.50 bits per heavy atom. The highest BCUT2D eigenvalue weighted by Gasteiger charge is 2.14. The topological polar surface area (TPSA) is 66.5 Å². The highest BCUT2D eigenvalue weighted by atomic mass is 79.9. The molecule has 1 atom stereocenters. The molecule has 0 aromatic heterocycles. The van der Waals surface area contributed by atoms with Crippen molar-refractivity contribution in [2.75, 3.05) is 6.61 Å². The number of aromatic hydroxyl groups is 1. The zero-order valence-corrected chi connectivity index (χ0v) is 9.48. The van der Waals surface area contributed by atoms with Crippen LogP contribution in [0.1, 0.15) is 11.6 Å². The fourth-order valence-corrected chi connectivity index (χ4v) is 1.41. The van der Waals surface area contributed by atoms with E-state index in [0.717, 1.165) is 6.07 Å². The van der Waals surface area contributed by atoms with Crippen LogP contribution >= 0.6 is 28.3 Å². The van der Waals surface area contributed by atoms with Gasteiger partial charge >= 0.3 is 0 Å². The van der Waals surface area contributed by atoms with Crippen LogP contribution in [0, 0.1) is 5.82 Å². The molecule has 0 spiro atoms. The largest absolute Gasteiger partial charge is 0.505 e. The number of halogens is 3. The molecule has 0 aliphatic rings. The summed E-state index contributed by atoms with van der Waals surface area (Å²) in [6.45, 7) is -0.344. The SMILES string of the molecule is Cl.N[C@@H](CO)c1cc(Br)cc(F)c1O. The van der Waals surface area contributed by atoms with Gasteiger partial charge in [0.25, 0.3) is 0 Å². The van der Waals surface area contributed by atoms with E-state index >= 15 is 0 Å². The van der Waals surface area contributed by atoms with E-state index in [1.54, 1.807) is 0 Å². The van der Waals surface area contributed by atoms with Crippen molar-refractivity contribution in [1.29, 1.82) is 0 Å². The molecule has 0 amide bonds. The molecule has 0 aliphatic carbocycles. The molecule has 1 aromatic rings. The molecule has 4 N–H and O–H groups in total. The summed E-state index contributed by atoms with van der Waals surface area (Å²) in [5.74, 6) is -1.27. The van der Waals surface area contributed by atoms with Crippen molar-refractivity contribution in [2.24, 2.45) is 5.73 Å². The Morgan fingerprint density at radius 2 is 2.07 bits per heavy atom. The second-order valence-corrected chi connectivity index (χ2v) is 3.53. The van der Waals surface area contributed by atoms with Crippen molar-refractivity contribution < 1.29 is 14.6 Å². The van der Waals surface area contributed by atoms with Gasteiger partial charge in [-0.05, 0) is 12.1 Å². The van der Waals surface area contributed by atoms with Gasteiger partial charge in [0.2, 0.25) is 0 Å². The van der Waals surface area contributed by atoms with Crippen LogP contribution in [-0.2, 0) is 0 Å². The Bertz CT molecular complexity index is 324. The molecule has 14 heavy (non-hydrogen) atoms. The van der Waals surface area contributed by atoms with E-state index in [1.165, 1.54) is 6.07 Å². The number of hydrogen-bond acceptors (Lipinski definition) is 3. The van der Waals surface area contributed by atoms with Crippen LogP contribution in [0.25, 0.3) is 0 Å². The minimum absolute atomic E-state index is 0. The molecule has 0 unspecified atom stereocenters. The predicted molar refractivity (Wildman–Crippen MR) is 57.0 cm³/mol. The average molecular weight is 287 g/mol. The lowest BCUT2D eigenvalue weighted by atomic mass is 10.1. The maximum absolute atomic E-state index is 12.9. The van der Waals surface area contributed by atoms with E-state index in [9.17, 15) is 9.50 Å². The summed E-state index contributed by atoms with van der Waals surface area (Å²) in [5.41, 5.74) is 5.62. The molecule has 0 fully saturated rings. The zero-order chi connectivity index (χ0) is 10.0. The summed E-state index contributed by atoms with van der Waals surface area (Å²) in [4.78, 5) is 0. The first-order valence-corrected chi connectivity index (χ1v) is 4.40. The van der Waals surface area contributed by atoms with Gasteiger partial charge in [-0.25, -0.2) is 4.39 Å². The second kappa shape index (κ2) is 5.50. The normalized spacial score (nSPS) is 12.0. The minimum Gasteiger partial charge on any atom is -0.505 e. The molecular formula is C8H10BrClFNO2. The number of rotatable bonds is 2. The van der Waals surface area contributed by atoms with Crippen molar-refractivity contribution >= 4 is 28.3 Å². The third-order valence-electron chi connectivity index (χ3n) is 1.65. The number of phenols is 1. The average Bonchev–Trinajstić information content (AvgIpc) is 2.10. The Balaban J connectivity index is 0.00000169. The maximum atomic E-state index is 12.9. The number of phenolic OH excluding ortho intramolecular Hbond substituents is 1. The summed E-state index contributed by atoms with van der Waals surface area (Å²) in [6, 6.07) is 1.83. The summed E-state index contributed by atoms with van der Waals surface area (Å²) in [5, 5.41) is 18.0. The monoisotopic (exact) mass is 285 g/mol. The standard InChI is InChI=1S/C8H9BrFNO2.ClH/c9-4-1-5(7(11)3-12)8(13)6(10)2-4;/h1-2,7,12-13H,3,11H2;1H/t7-;/m0./s1. The van der Waals surface area contributed by atoms with E-state index in [0.29, 0.717) is 4.47 Å². The van der Waals surface area contributed by atoms with Crippen LogP contribution in [0.15, 0.2) is 16.6 Å². The second-order valence-electron chi connectivity index (χ2n) is 2.61. The van der Waals surface area contributed by atoms with Gasteiger partial charge in [-0.15, -0.1) is 12.4 Å². The summed E-state index contributed by atoms with van der Waals surface area (Å²) >= 11 is 3.06. The Hall–Kier alpha value is -0.360. The number of benzene rings is 1. The highest BCUT2D eigenvalue weighted by Crippen LogP contribution is 2.29. The first-order valence-electron chi connectivity index (χ1n) is 3.60. The first-order chi connectivity index (χ1) is 6.06. The number of aliphatic hydroxyl groups excluding tert-OH is 1. The fourth-order valence-electron chi connectivity index (χ4n) is 0.967. The van der Waals surface area contributed by atoms with Gasteiger partial charge < -0.3 is 15.9 Å². The van der Waals surface area contributed by atoms with E-state index in [4.69, 9.17) is 10.8 Å². The van der Waals surface area contributed by atoms with Crippen LogP contribution in [0.3, 0.4) is 0 Å². The highest BCUT2D eigenvalue weighted by molar-refractivity contribution is 9.10. The maximum Gasteiger partial charge on any atom is 0.166 e. The molecule has 1 aromatic carbocycles. The van der Waals surface area contributed by atoms with Gasteiger partial charge in [0.1, 0.15) is 0 Å². The summed E-state index contributed by atoms with van der Waals surface area (Å²) < 4.78 is 13.4. The van der Waals surface area contributed by atoms with Gasteiger partial charge in [0.05, 0.1) is 12.6 Å². The Labute approximate surface area is 95.3 Å². The first kappa shape index (κ1) is 13.6. The van der Waals surface area contributed by atoms with Gasteiger partial charge in [0.15, 0.2) is 11.6 Å². The predicted octanol–water partition coefficient (Wildman–Crippen LogP) is 1.71. The van der Waals surface area contributed by atoms with Crippen LogP contribution in [0.4, 0.5) is 4.39 Å². The van der Waals surface area contributed by atoms with Crippen LogP contribution < -0.4 is 5.73 Å². The molecule has 6 heteroatoms. The molecule has 0 saturated carbocycles. The lowest BCUT2D eigenvalue weighted by molar-refractivity contribution is 0.264. The van der Waals surface area contributed by atoms with Crippen LogP contribution in [0.5, 0.6) is 5.75 Å². The molecule has 3 nitrogen and oxygen atoms in total. The quantitative estimate of drug-likeness (QED) is 0.775. The number of hydrogen-bond donors (Lipinski definition) is 3. The molecular weight excluding hydrogens is 276 g/mol. The molecule has 80 valence electrons. The van der Waals surface area contributed by atoms with Gasteiger partial charge in [-0.1, -0.05) is 15.9 Å². The van der Waals surface area contributed by atoms with Gasteiger partial charge in [0, 0.05) is 10.0 Å². The molecule has 1 rings (SSSR count). The van der Waals surface area contributed by atoms with Crippen LogP contribution in [-0.4, -0.2) is 16.8 Å². The van der Waals surface area contributed by atoms with E-state index < -0.39 is 17.6 Å². The number of nitrogens with two attached hydrogens (primary N) is 1. The van der Waals surface area contributed by atoms with Crippen molar-refractivity contribution in [3.05, 3.63) is 28.0 Å². The van der Waals surface area contributed by atoms with Gasteiger partial charge in [-0.3, -0.25) is 0 Å². The molecule has 0 radical (unpaired) electrons. The van der Waals surface area contributed by atoms with Crippen molar-refractivity contribution in [1.82, 2.24) is 0 Å². The van der Waals surface area contributed by atoms with Crippen molar-refractivity contribution in [2.45, 2.75) is 6.04 Å². The lowest BCUT2D eigenvalue weighted by Gasteiger charge is -2.11. The molecule has 0 heterocycles. The number of aliphatic hydroxyl groups is 1. The van der Waals surface area contributed by atoms with Crippen LogP contribution in [0.2, 0.25) is 0 Å². The molecule has 0 aliphatic heterocycles. The van der Waals surface area contributed by atoms with E-state index in [-0.39, 0.29) is 24.6 Å². The third kappa shape index (κ3) is 2.81. The van der Waals surface area contributed by atoms with Crippen molar-refractivity contribution in [3.8, 4) is 5.75 Å². The van der Waals surface area contributed by atoms with E-state index in [1.807, 2.05) is 0 Å². The lowest BCUT2D eigenvalue weighted by Crippen LogP contribution is -2.15. The smallest absolute Gasteiger partial charge is 0.166 e. The van der Waals surface area contributed by atoms with E-state index in [2.05, 4.69) is 15.9 Å². The minimum atomic E-state index is -0.771. The Kier molecular flexibility index (Phi) is 5.36. The zero-order valence-electron chi connectivity index (χ0n) is 7.08. The summed E-state index contributed by atoms with van der Waals surface area (Å²) in [6.07, 6.45) is 0. The Morgan fingerprint density at radius 3 is 2.57 bits per heavy atom. The third-order valence-corrected chi connectivity index (χ3v) is 2.11.